The van der Waals surface area contributed by atoms with Gasteiger partial charge in [-0.25, -0.2) is 0 Å². The molecule has 0 saturated carbocycles. The first-order valence-electron chi connectivity index (χ1n) is 6.99. The second-order valence-electron chi connectivity index (χ2n) is 5.71. The summed E-state index contributed by atoms with van der Waals surface area (Å²) in [7, 11) is 3.12. The topological polar surface area (TPSA) is 47.6 Å². The molecule has 21 heavy (non-hydrogen) atoms. The molecule has 0 saturated heterocycles. The van der Waals surface area contributed by atoms with E-state index in [0.717, 1.165) is 12.8 Å². The summed E-state index contributed by atoms with van der Waals surface area (Å²) in [6, 6.07) is 5.13. The predicted octanol–water partition coefficient (Wildman–Crippen LogP) is 3.48. The van der Waals surface area contributed by atoms with Crippen LogP contribution < -0.4 is 14.8 Å². The van der Waals surface area contributed by atoms with Crippen molar-refractivity contribution in [3.05, 3.63) is 23.8 Å². The molecule has 0 spiro atoms. The number of alkyl halides is 1. The number of nitrogens with one attached hydrogen (secondary N) is 1. The Bertz CT molecular complexity index is 475. The fourth-order valence-electron chi connectivity index (χ4n) is 2.03. The molecule has 0 heterocycles. The van der Waals surface area contributed by atoms with Crippen LogP contribution in [0.4, 0.5) is 0 Å². The summed E-state index contributed by atoms with van der Waals surface area (Å²) in [5.41, 5.74) is 0.585. The molecule has 0 aliphatic rings. The summed E-state index contributed by atoms with van der Waals surface area (Å²) < 4.78 is 10.4. The number of rotatable bonds is 8. The Balaban J connectivity index is 2.67. The largest absolute Gasteiger partial charge is 0.493 e. The van der Waals surface area contributed by atoms with E-state index >= 15 is 0 Å². The summed E-state index contributed by atoms with van der Waals surface area (Å²) in [4.78, 5) is 12.2. The Morgan fingerprint density at radius 2 is 1.90 bits per heavy atom. The van der Waals surface area contributed by atoms with Crippen molar-refractivity contribution in [3.8, 4) is 11.5 Å². The van der Waals surface area contributed by atoms with Crippen LogP contribution in [0.25, 0.3) is 0 Å². The lowest BCUT2D eigenvalue weighted by atomic mass is 9.88. The zero-order chi connectivity index (χ0) is 15.9. The number of hydrogen-bond donors (Lipinski definition) is 1. The SMILES string of the molecule is COc1ccc(C(=O)NCC(C)(C)CCCCl)cc1OC. The lowest BCUT2D eigenvalue weighted by Crippen LogP contribution is -2.34. The minimum absolute atomic E-state index is 0.0289. The molecular formula is C16H24ClNO3. The monoisotopic (exact) mass is 313 g/mol. The van der Waals surface area contributed by atoms with Gasteiger partial charge in [-0.15, -0.1) is 11.6 Å². The second-order valence-corrected chi connectivity index (χ2v) is 6.09. The minimum Gasteiger partial charge on any atom is -0.493 e. The van der Waals surface area contributed by atoms with Gasteiger partial charge in [0.05, 0.1) is 14.2 Å². The summed E-state index contributed by atoms with van der Waals surface area (Å²) >= 11 is 5.72. The van der Waals surface area contributed by atoms with Crippen LogP contribution in [0.5, 0.6) is 11.5 Å². The lowest BCUT2D eigenvalue weighted by Gasteiger charge is -2.24. The van der Waals surface area contributed by atoms with Crippen LogP contribution in [0.2, 0.25) is 0 Å². The van der Waals surface area contributed by atoms with Gasteiger partial charge in [-0.2, -0.15) is 0 Å². The van der Waals surface area contributed by atoms with Crippen molar-refractivity contribution < 1.29 is 14.3 Å². The third kappa shape index (κ3) is 5.46. The molecule has 1 N–H and O–H groups in total. The lowest BCUT2D eigenvalue weighted by molar-refractivity contribution is 0.0934. The standard InChI is InChI=1S/C16H24ClNO3/c1-16(2,8-5-9-17)11-18-15(19)12-6-7-13(20-3)14(10-12)21-4/h6-7,10H,5,8-9,11H2,1-4H3,(H,18,19). The first-order chi connectivity index (χ1) is 9.93. The van der Waals surface area contributed by atoms with E-state index in [-0.39, 0.29) is 11.3 Å². The Hall–Kier alpha value is -1.42. The van der Waals surface area contributed by atoms with E-state index in [1.54, 1.807) is 32.4 Å². The van der Waals surface area contributed by atoms with E-state index in [4.69, 9.17) is 21.1 Å². The van der Waals surface area contributed by atoms with Crippen molar-refractivity contribution in [1.29, 1.82) is 0 Å². The van der Waals surface area contributed by atoms with E-state index in [0.29, 0.717) is 29.5 Å². The van der Waals surface area contributed by atoms with Crippen LogP contribution >= 0.6 is 11.6 Å². The van der Waals surface area contributed by atoms with E-state index < -0.39 is 0 Å². The van der Waals surface area contributed by atoms with Crippen molar-refractivity contribution in [3.63, 3.8) is 0 Å². The number of methoxy groups -OCH3 is 2. The normalized spacial score (nSPS) is 11.1. The molecule has 4 nitrogen and oxygen atoms in total. The first-order valence-corrected chi connectivity index (χ1v) is 7.53. The van der Waals surface area contributed by atoms with Gasteiger partial charge in [-0.1, -0.05) is 13.8 Å². The van der Waals surface area contributed by atoms with Gasteiger partial charge in [0.25, 0.3) is 5.91 Å². The molecule has 1 amide bonds. The highest BCUT2D eigenvalue weighted by atomic mass is 35.5. The van der Waals surface area contributed by atoms with Crippen molar-refractivity contribution in [1.82, 2.24) is 5.32 Å². The fourth-order valence-corrected chi connectivity index (χ4v) is 2.17. The molecule has 0 aliphatic heterocycles. The molecule has 1 rings (SSSR count). The molecule has 0 bridgehead atoms. The third-order valence-electron chi connectivity index (χ3n) is 3.36. The summed E-state index contributed by atoms with van der Waals surface area (Å²) in [6.45, 7) is 4.85. The average Bonchev–Trinajstić information content (AvgIpc) is 2.50. The molecule has 118 valence electrons. The maximum atomic E-state index is 12.2. The molecule has 0 aliphatic carbocycles. The Morgan fingerprint density at radius 3 is 2.48 bits per heavy atom. The van der Waals surface area contributed by atoms with Gasteiger partial charge in [-0.3, -0.25) is 4.79 Å². The molecule has 0 fully saturated rings. The fraction of sp³-hybridized carbons (Fsp3) is 0.562. The minimum atomic E-state index is -0.116. The molecule has 1 aromatic rings. The molecular weight excluding hydrogens is 290 g/mol. The first kappa shape index (κ1) is 17.6. The molecule has 0 atom stereocenters. The number of benzene rings is 1. The Labute approximate surface area is 131 Å². The number of ether oxygens (including phenoxy) is 2. The van der Waals surface area contributed by atoms with Gasteiger partial charge in [0.2, 0.25) is 0 Å². The quantitative estimate of drug-likeness (QED) is 0.747. The van der Waals surface area contributed by atoms with Gasteiger partial charge in [0, 0.05) is 18.0 Å². The van der Waals surface area contributed by atoms with Gasteiger partial charge in [0.15, 0.2) is 11.5 Å². The van der Waals surface area contributed by atoms with E-state index in [9.17, 15) is 4.79 Å². The van der Waals surface area contributed by atoms with Crippen LogP contribution in [-0.2, 0) is 0 Å². The highest BCUT2D eigenvalue weighted by molar-refractivity contribution is 6.17. The highest BCUT2D eigenvalue weighted by Gasteiger charge is 2.19. The summed E-state index contributed by atoms with van der Waals surface area (Å²) in [5, 5.41) is 2.96. The molecule has 0 radical (unpaired) electrons. The van der Waals surface area contributed by atoms with Gasteiger partial charge in [0.1, 0.15) is 0 Å². The number of amides is 1. The second kappa shape index (κ2) is 8.13. The maximum Gasteiger partial charge on any atom is 0.251 e. The van der Waals surface area contributed by atoms with Gasteiger partial charge >= 0.3 is 0 Å². The smallest absolute Gasteiger partial charge is 0.251 e. The molecule has 0 aromatic heterocycles. The van der Waals surface area contributed by atoms with E-state index in [1.165, 1.54) is 0 Å². The zero-order valence-corrected chi connectivity index (χ0v) is 13.9. The van der Waals surface area contributed by atoms with Crippen molar-refractivity contribution in [2.24, 2.45) is 5.41 Å². The van der Waals surface area contributed by atoms with Crippen LogP contribution in [0.15, 0.2) is 18.2 Å². The van der Waals surface area contributed by atoms with Crippen LogP contribution in [-0.4, -0.2) is 32.6 Å². The molecule has 0 unspecified atom stereocenters. The van der Waals surface area contributed by atoms with Crippen LogP contribution in [0.1, 0.15) is 37.0 Å². The van der Waals surface area contributed by atoms with Gasteiger partial charge in [-0.05, 0) is 36.5 Å². The summed E-state index contributed by atoms with van der Waals surface area (Å²) in [6.07, 6.45) is 1.92. The van der Waals surface area contributed by atoms with Gasteiger partial charge < -0.3 is 14.8 Å². The number of halogens is 1. The number of carbonyl (C=O) groups excluding carboxylic acids is 1. The zero-order valence-electron chi connectivity index (χ0n) is 13.2. The van der Waals surface area contributed by atoms with Crippen molar-refractivity contribution in [2.45, 2.75) is 26.7 Å². The number of hydrogen-bond acceptors (Lipinski definition) is 3. The van der Waals surface area contributed by atoms with Crippen molar-refractivity contribution >= 4 is 17.5 Å². The number of carbonyl (C=O) groups is 1. The molecule has 1 aromatic carbocycles. The predicted molar refractivity (Wildman–Crippen MR) is 85.6 cm³/mol. The van der Waals surface area contributed by atoms with Crippen LogP contribution in [0, 0.1) is 5.41 Å². The van der Waals surface area contributed by atoms with E-state index in [1.807, 2.05) is 0 Å². The third-order valence-corrected chi connectivity index (χ3v) is 3.63. The summed E-state index contributed by atoms with van der Waals surface area (Å²) in [5.74, 6) is 1.69. The van der Waals surface area contributed by atoms with E-state index in [2.05, 4.69) is 19.2 Å². The Kier molecular flexibility index (Phi) is 6.82. The molecule has 5 heteroatoms. The van der Waals surface area contributed by atoms with Crippen LogP contribution in [0.3, 0.4) is 0 Å². The Morgan fingerprint density at radius 1 is 1.24 bits per heavy atom. The van der Waals surface area contributed by atoms with Crippen molar-refractivity contribution in [2.75, 3.05) is 26.6 Å². The highest BCUT2D eigenvalue weighted by Crippen LogP contribution is 2.27. The maximum absolute atomic E-state index is 12.2. The average molecular weight is 314 g/mol.